The van der Waals surface area contributed by atoms with E-state index in [2.05, 4.69) is 50.5 Å². The number of hydrogen-bond donors (Lipinski definition) is 9. The van der Waals surface area contributed by atoms with Gasteiger partial charge in [-0.25, -0.2) is 28.9 Å². The molecule has 0 bridgehead atoms. The molecule has 62 heavy (non-hydrogen) atoms. The highest BCUT2D eigenvalue weighted by Gasteiger charge is 2.49. The molecule has 3 aromatic rings. The van der Waals surface area contributed by atoms with Gasteiger partial charge in [-0.1, -0.05) is 42.4 Å². The number of phosphoric ester groups is 2. The fraction of sp³-hybridized carbons (Fsp3) is 0.656. The number of esters is 1. The van der Waals surface area contributed by atoms with Crippen LogP contribution < -0.4 is 33.9 Å². The van der Waals surface area contributed by atoms with Crippen molar-refractivity contribution in [3.05, 3.63) is 35.4 Å². The minimum atomic E-state index is -5.12. The molecule has 3 aromatic heterocycles. The number of nitrogens with one attached hydrogen (secondary N) is 1. The number of nitrogens with zero attached hydrogens (tertiary/aromatic N) is 6. The summed E-state index contributed by atoms with van der Waals surface area (Å²) in [5.74, 6) is -0.905. The summed E-state index contributed by atoms with van der Waals surface area (Å²) in [6, 6.07) is -0.615. The van der Waals surface area contributed by atoms with Crippen molar-refractivity contribution in [2.45, 2.75) is 101 Å². The van der Waals surface area contributed by atoms with Crippen molar-refractivity contribution in [1.29, 1.82) is 0 Å². The molecule has 13 N–H and O–H groups in total. The van der Waals surface area contributed by atoms with Gasteiger partial charge in [0, 0.05) is 23.2 Å². The Kier molecular flexibility index (Phi) is 18.7. The van der Waals surface area contributed by atoms with E-state index in [4.69, 9.17) is 46.2 Å². The van der Waals surface area contributed by atoms with Crippen LogP contribution in [0.2, 0.25) is 0 Å². The van der Waals surface area contributed by atoms with E-state index in [-0.39, 0.29) is 46.4 Å². The second kappa shape index (κ2) is 22.5. The fourth-order valence-electron chi connectivity index (χ4n) is 5.55. The number of rotatable bonds is 24. The van der Waals surface area contributed by atoms with Crippen molar-refractivity contribution in [1.82, 2.24) is 34.4 Å². The highest BCUT2D eigenvalue weighted by atomic mass is 33.1. The summed E-state index contributed by atoms with van der Waals surface area (Å²) in [5.41, 5.74) is 23.0. The second-order valence-electron chi connectivity index (χ2n) is 14.8. The minimum Gasteiger partial charge on any atom is -0.455 e. The van der Waals surface area contributed by atoms with E-state index >= 15 is 0 Å². The van der Waals surface area contributed by atoms with Crippen LogP contribution in [0.4, 0.5) is 11.6 Å². The summed E-state index contributed by atoms with van der Waals surface area (Å²) in [6.07, 6.45) is -4.14. The first-order chi connectivity index (χ1) is 28.9. The summed E-state index contributed by atoms with van der Waals surface area (Å²) in [6.45, 7) is 5.20. The van der Waals surface area contributed by atoms with Crippen LogP contribution in [-0.4, -0.2) is 134 Å². The smallest absolute Gasteiger partial charge is 0.455 e. The van der Waals surface area contributed by atoms with Crippen molar-refractivity contribution in [2.75, 3.05) is 43.6 Å². The van der Waals surface area contributed by atoms with Crippen LogP contribution >= 0.6 is 37.2 Å². The Balaban J connectivity index is 1.39. The Morgan fingerprint density at radius 3 is 2.44 bits per heavy atom. The molecule has 1 amide bonds. The topological polar surface area (TPSA) is 399 Å². The molecule has 0 saturated carbocycles. The first kappa shape index (κ1) is 51.3. The first-order valence-corrected chi connectivity index (χ1v) is 24.2. The number of aromatic nitrogens is 6. The Hall–Kier alpha value is -3.31. The van der Waals surface area contributed by atoms with Gasteiger partial charge in [0.15, 0.2) is 23.8 Å². The van der Waals surface area contributed by atoms with Gasteiger partial charge in [-0.15, -0.1) is 0 Å². The van der Waals surface area contributed by atoms with Gasteiger partial charge in [-0.05, 0) is 32.3 Å². The number of amides is 1. The predicted octanol–water partition coefficient (Wildman–Crippen LogP) is -0.315. The van der Waals surface area contributed by atoms with Crippen LogP contribution in [0.1, 0.15) is 59.4 Å². The summed E-state index contributed by atoms with van der Waals surface area (Å²) in [7, 11) is -7.06. The first-order valence-electron chi connectivity index (χ1n) is 18.8. The molecule has 348 valence electrons. The number of ether oxygens (including phenoxy) is 3. The Labute approximate surface area is 362 Å². The normalized spacial score (nSPS) is 21.3. The number of carbonyl (C=O) groups is 2. The molecule has 1 aliphatic rings. The number of hydrogen-bond acceptors (Lipinski definition) is 22. The van der Waals surface area contributed by atoms with Crippen LogP contribution in [0.5, 0.6) is 0 Å². The van der Waals surface area contributed by atoms with Gasteiger partial charge in [0.2, 0.25) is 5.91 Å². The lowest BCUT2D eigenvalue weighted by Gasteiger charge is -2.25. The Morgan fingerprint density at radius 1 is 1.05 bits per heavy atom. The number of unbranched alkanes of at least 4 members (excludes halogenated alkanes) is 1. The van der Waals surface area contributed by atoms with E-state index in [1.54, 1.807) is 10.8 Å². The largest absolute Gasteiger partial charge is 0.472 e. The highest BCUT2D eigenvalue weighted by molar-refractivity contribution is 8.77. The van der Waals surface area contributed by atoms with E-state index in [0.29, 0.717) is 18.6 Å². The Morgan fingerprint density at radius 2 is 1.76 bits per heavy atom. The maximum absolute atomic E-state index is 13.3. The van der Waals surface area contributed by atoms with Gasteiger partial charge < -0.3 is 62.2 Å². The third-order valence-corrected chi connectivity index (χ3v) is 13.4. The lowest BCUT2D eigenvalue weighted by molar-refractivity contribution is -0.158. The molecule has 1 unspecified atom stereocenters. The van der Waals surface area contributed by atoms with Gasteiger partial charge in [0.1, 0.15) is 48.2 Å². The molecular weight excluding hydrogens is 904 g/mol. The third kappa shape index (κ3) is 15.7. The number of anilines is 2. The summed E-state index contributed by atoms with van der Waals surface area (Å²) in [4.78, 5) is 82.8. The van der Waals surface area contributed by atoms with Crippen molar-refractivity contribution in [3.63, 3.8) is 0 Å². The molecular formula is C32H53N11O15P2S2. The number of phosphoric acid groups is 2. The Bertz CT molecular complexity index is 2130. The molecule has 30 heteroatoms. The van der Waals surface area contributed by atoms with E-state index < -0.39 is 96.1 Å². The van der Waals surface area contributed by atoms with Gasteiger partial charge in [0.25, 0.3) is 0 Å². The zero-order valence-corrected chi connectivity index (χ0v) is 37.5. The third-order valence-electron chi connectivity index (χ3n) is 8.55. The average molecular weight is 958 g/mol. The SMILES string of the molecule is C[C@@H](O[C@H](COP(=O)(O)O)COP(=O)(O)OC[C@H]1O[C@@H](n2cnc3c(N)ncnc32)[C@H](O)[C@@H]1OC(=O)[C@@H](N)CCCCNC(=O)[C@@H](N)CSSC(C)(C)C)n1ccc(N)nc1=O. The number of imidazole rings is 1. The van der Waals surface area contributed by atoms with Gasteiger partial charge in [0.05, 0.1) is 32.2 Å². The molecule has 0 spiro atoms. The molecule has 26 nitrogen and oxygen atoms in total. The zero-order valence-electron chi connectivity index (χ0n) is 34.1. The molecule has 4 heterocycles. The number of aliphatic hydroxyl groups is 1. The zero-order chi connectivity index (χ0) is 46.0. The minimum absolute atomic E-state index is 0.0135. The van der Waals surface area contributed by atoms with Crippen LogP contribution in [0.15, 0.2) is 29.7 Å². The van der Waals surface area contributed by atoms with Gasteiger partial charge >= 0.3 is 27.3 Å². The quantitative estimate of drug-likeness (QED) is 0.0240. The van der Waals surface area contributed by atoms with E-state index in [0.717, 1.165) is 10.9 Å². The van der Waals surface area contributed by atoms with E-state index in [9.17, 15) is 43.3 Å². The number of nitrogens with two attached hydrogens (primary N) is 4. The van der Waals surface area contributed by atoms with Crippen molar-refractivity contribution >= 4 is 71.9 Å². The lowest BCUT2D eigenvalue weighted by Crippen LogP contribution is -2.43. The summed E-state index contributed by atoms with van der Waals surface area (Å²) in [5, 5.41) is 14.2. The maximum atomic E-state index is 13.3. The van der Waals surface area contributed by atoms with Crippen molar-refractivity contribution < 1.29 is 66.3 Å². The number of carbonyl (C=O) groups excluding carboxylic acids is 2. The molecule has 0 aromatic carbocycles. The molecule has 0 radical (unpaired) electrons. The van der Waals surface area contributed by atoms with Gasteiger partial charge in [-0.2, -0.15) is 4.98 Å². The van der Waals surface area contributed by atoms with Crippen LogP contribution in [0, 0.1) is 0 Å². The molecule has 0 aliphatic carbocycles. The second-order valence-corrected chi connectivity index (χ2v) is 20.6. The van der Waals surface area contributed by atoms with Crippen LogP contribution in [0.3, 0.4) is 0 Å². The van der Waals surface area contributed by atoms with E-state index in [1.165, 1.54) is 40.9 Å². The monoisotopic (exact) mass is 957 g/mol. The van der Waals surface area contributed by atoms with Crippen LogP contribution in [0.25, 0.3) is 11.2 Å². The fourth-order valence-corrected chi connectivity index (χ4v) is 9.10. The van der Waals surface area contributed by atoms with Crippen molar-refractivity contribution in [2.24, 2.45) is 11.5 Å². The van der Waals surface area contributed by atoms with Crippen LogP contribution in [-0.2, 0) is 46.5 Å². The summed E-state index contributed by atoms with van der Waals surface area (Å²) < 4.78 is 58.8. The molecule has 1 aliphatic heterocycles. The molecule has 4 rings (SSSR count). The predicted molar refractivity (Wildman–Crippen MR) is 224 cm³/mol. The van der Waals surface area contributed by atoms with E-state index in [1.807, 2.05) is 0 Å². The number of fused-ring (bicyclic) bond motifs is 1. The summed E-state index contributed by atoms with van der Waals surface area (Å²) >= 11 is 0. The van der Waals surface area contributed by atoms with Gasteiger partial charge in [-0.3, -0.25) is 32.3 Å². The number of aliphatic hydroxyl groups excluding tert-OH is 1. The molecule has 9 atom stereocenters. The maximum Gasteiger partial charge on any atom is 0.472 e. The average Bonchev–Trinajstić information content (AvgIpc) is 3.74. The standard InChI is InChI=1S/C32H53N11O15P2S2/c1-17(42-10-8-22(35)41-31(42)47)56-18(11-53-59(48,49)50)12-54-60(51,52)55-13-21-25(24(44)29(57-21)43-16-40-23-26(36)38-15-39-27(23)43)58-30(46)19(33)7-5-6-9-37-28(45)20(34)14-61-62-32(2,3)4/h8,10,15-21,24-25,29,44H,5-7,9,11-14,33-34H2,1-4H3,(H,37,45)(H,51,52)(H2,35,41,47)(H2,36,38,39)(H2,48,49,50)/t17-,18-,19+,20+,21-,24-,25-,29-/m1/s1. The molecule has 1 fully saturated rings. The van der Waals surface area contributed by atoms with Crippen molar-refractivity contribution in [3.8, 4) is 0 Å². The highest BCUT2D eigenvalue weighted by Crippen LogP contribution is 2.45. The lowest BCUT2D eigenvalue weighted by atomic mass is 10.1. The molecule has 1 saturated heterocycles. The number of nitrogen functional groups attached to an aromatic ring is 2.